The second-order valence-corrected chi connectivity index (χ2v) is 10.2. The Bertz CT molecular complexity index is 667. The Labute approximate surface area is 176 Å². The normalized spacial score (nSPS) is 25.2. The van der Waals surface area contributed by atoms with Crippen molar-refractivity contribution in [3.63, 3.8) is 0 Å². The number of anilines is 1. The second-order valence-electron chi connectivity index (χ2n) is 10.2. The van der Waals surface area contributed by atoms with Crippen molar-refractivity contribution in [3.8, 4) is 0 Å². The van der Waals surface area contributed by atoms with E-state index in [0.717, 1.165) is 31.2 Å². The molecule has 1 amide bonds. The lowest BCUT2D eigenvalue weighted by Crippen LogP contribution is -2.43. The lowest BCUT2D eigenvalue weighted by molar-refractivity contribution is -0.127. The van der Waals surface area contributed by atoms with Gasteiger partial charge in [-0.2, -0.15) is 0 Å². The van der Waals surface area contributed by atoms with Crippen LogP contribution < -0.4 is 10.2 Å². The molecule has 3 aliphatic rings. The zero-order valence-electron chi connectivity index (χ0n) is 18.3. The molecule has 1 aliphatic heterocycles. The van der Waals surface area contributed by atoms with Gasteiger partial charge >= 0.3 is 0 Å². The number of nitrogens with zero attached hydrogens (tertiary/aromatic N) is 3. The Kier molecular flexibility index (Phi) is 6.41. The van der Waals surface area contributed by atoms with Crippen molar-refractivity contribution in [3.05, 3.63) is 18.6 Å². The molecule has 0 bridgehead atoms. The van der Waals surface area contributed by atoms with E-state index in [1.807, 2.05) is 12.3 Å². The molecular formula is C24H38N4O. The zero-order valence-corrected chi connectivity index (χ0v) is 18.3. The number of carbonyl (C=O) groups excluding carboxylic acids is 1. The van der Waals surface area contributed by atoms with E-state index in [2.05, 4.69) is 34.0 Å². The van der Waals surface area contributed by atoms with E-state index in [0.29, 0.717) is 17.4 Å². The molecule has 2 unspecified atom stereocenters. The summed E-state index contributed by atoms with van der Waals surface area (Å²) in [5, 5.41) is 3.36. The van der Waals surface area contributed by atoms with E-state index in [1.54, 1.807) is 6.33 Å². The van der Waals surface area contributed by atoms with Gasteiger partial charge in [0.1, 0.15) is 12.1 Å². The molecule has 1 aromatic rings. The van der Waals surface area contributed by atoms with Crippen molar-refractivity contribution >= 4 is 11.7 Å². The molecule has 5 nitrogen and oxygen atoms in total. The SMILES string of the molecule is CC(C)C(CC1CCCCC1)C(=O)NCC1CC2(CCC2)CN1c1ccncn1. The van der Waals surface area contributed by atoms with Gasteiger partial charge in [0.2, 0.25) is 5.91 Å². The largest absolute Gasteiger partial charge is 0.354 e. The molecule has 2 aliphatic carbocycles. The third kappa shape index (κ3) is 4.75. The number of amides is 1. The lowest BCUT2D eigenvalue weighted by atomic mass is 9.67. The van der Waals surface area contributed by atoms with Gasteiger partial charge in [-0.05, 0) is 49.0 Å². The molecule has 2 heterocycles. The first-order valence-electron chi connectivity index (χ1n) is 11.9. The molecule has 3 fully saturated rings. The number of carbonyl (C=O) groups is 1. The lowest BCUT2D eigenvalue weighted by Gasteiger charge is -2.38. The van der Waals surface area contributed by atoms with Crippen LogP contribution in [0.4, 0.5) is 5.82 Å². The summed E-state index contributed by atoms with van der Waals surface area (Å²) in [5.41, 5.74) is 0.444. The van der Waals surface area contributed by atoms with E-state index in [9.17, 15) is 4.79 Å². The fourth-order valence-corrected chi connectivity index (χ4v) is 5.92. The summed E-state index contributed by atoms with van der Waals surface area (Å²) in [5.74, 6) is 2.55. The fourth-order valence-electron chi connectivity index (χ4n) is 5.92. The van der Waals surface area contributed by atoms with Crippen LogP contribution in [0.3, 0.4) is 0 Å². The molecule has 160 valence electrons. The van der Waals surface area contributed by atoms with Crippen LogP contribution >= 0.6 is 0 Å². The Morgan fingerprint density at radius 2 is 2.03 bits per heavy atom. The molecule has 1 N–H and O–H groups in total. The summed E-state index contributed by atoms with van der Waals surface area (Å²) in [6, 6.07) is 2.35. The first-order chi connectivity index (χ1) is 14.1. The van der Waals surface area contributed by atoms with Crippen LogP contribution in [-0.4, -0.2) is 35.0 Å². The van der Waals surface area contributed by atoms with Crippen LogP contribution in [-0.2, 0) is 4.79 Å². The average molecular weight is 399 g/mol. The summed E-state index contributed by atoms with van der Waals surface area (Å²) in [6.07, 6.45) is 16.3. The van der Waals surface area contributed by atoms with E-state index >= 15 is 0 Å². The van der Waals surface area contributed by atoms with Crippen LogP contribution in [0, 0.1) is 23.2 Å². The zero-order chi connectivity index (χ0) is 20.3. The Morgan fingerprint density at radius 1 is 1.24 bits per heavy atom. The number of nitrogens with one attached hydrogen (secondary N) is 1. The number of hydrogen-bond acceptors (Lipinski definition) is 4. The monoisotopic (exact) mass is 398 g/mol. The van der Waals surface area contributed by atoms with Gasteiger partial charge in [0.25, 0.3) is 0 Å². The van der Waals surface area contributed by atoms with Crippen LogP contribution in [0.2, 0.25) is 0 Å². The van der Waals surface area contributed by atoms with Gasteiger partial charge in [-0.15, -0.1) is 0 Å². The summed E-state index contributed by atoms with van der Waals surface area (Å²) < 4.78 is 0. The summed E-state index contributed by atoms with van der Waals surface area (Å²) >= 11 is 0. The van der Waals surface area contributed by atoms with Gasteiger partial charge in [-0.1, -0.05) is 52.4 Å². The Balaban J connectivity index is 1.38. The van der Waals surface area contributed by atoms with Crippen LogP contribution in [0.5, 0.6) is 0 Å². The second kappa shape index (κ2) is 9.01. The molecule has 1 aromatic heterocycles. The van der Waals surface area contributed by atoms with Crippen LogP contribution in [0.25, 0.3) is 0 Å². The van der Waals surface area contributed by atoms with Crippen molar-refractivity contribution in [2.45, 2.75) is 84.1 Å². The fraction of sp³-hybridized carbons (Fsp3) is 0.792. The predicted molar refractivity (Wildman–Crippen MR) is 117 cm³/mol. The number of hydrogen-bond donors (Lipinski definition) is 1. The minimum absolute atomic E-state index is 0.143. The highest BCUT2D eigenvalue weighted by Gasteiger charge is 2.48. The Morgan fingerprint density at radius 3 is 2.66 bits per heavy atom. The molecule has 0 aromatic carbocycles. The van der Waals surface area contributed by atoms with Crippen molar-refractivity contribution in [1.29, 1.82) is 0 Å². The quantitative estimate of drug-likeness (QED) is 0.730. The third-order valence-corrected chi connectivity index (χ3v) is 7.86. The molecule has 2 atom stereocenters. The van der Waals surface area contributed by atoms with Gasteiger partial charge in [0.05, 0.1) is 0 Å². The molecule has 1 spiro atoms. The maximum atomic E-state index is 13.1. The minimum Gasteiger partial charge on any atom is -0.354 e. The molecular weight excluding hydrogens is 360 g/mol. The predicted octanol–water partition coefficient (Wildman–Crippen LogP) is 4.58. The highest BCUT2D eigenvalue weighted by molar-refractivity contribution is 5.79. The standard InChI is InChI=1S/C24H38N4O/c1-18(2)21(13-19-7-4-3-5-8-19)23(29)26-15-20-14-24(10-6-11-24)16-28(20)22-9-12-25-17-27-22/h9,12,17-21H,3-8,10-11,13-16H2,1-2H3,(H,26,29). The van der Waals surface area contributed by atoms with Crippen LogP contribution in [0.1, 0.15) is 78.1 Å². The average Bonchev–Trinajstić information content (AvgIpc) is 3.12. The molecule has 29 heavy (non-hydrogen) atoms. The molecule has 2 saturated carbocycles. The minimum atomic E-state index is 0.143. The van der Waals surface area contributed by atoms with Crippen molar-refractivity contribution < 1.29 is 4.79 Å². The smallest absolute Gasteiger partial charge is 0.223 e. The van der Waals surface area contributed by atoms with Crippen molar-refractivity contribution in [1.82, 2.24) is 15.3 Å². The number of rotatable bonds is 7. The molecule has 4 rings (SSSR count). The Hall–Kier alpha value is -1.65. The third-order valence-electron chi connectivity index (χ3n) is 7.86. The van der Waals surface area contributed by atoms with Crippen molar-refractivity contribution in [2.24, 2.45) is 23.2 Å². The molecule has 5 heteroatoms. The van der Waals surface area contributed by atoms with Gasteiger partial charge in [-0.3, -0.25) is 4.79 Å². The van der Waals surface area contributed by atoms with Gasteiger partial charge in [0, 0.05) is 31.2 Å². The van der Waals surface area contributed by atoms with E-state index in [4.69, 9.17) is 0 Å². The highest BCUT2D eigenvalue weighted by Crippen LogP contribution is 2.50. The van der Waals surface area contributed by atoms with Gasteiger partial charge in [-0.25, -0.2) is 9.97 Å². The van der Waals surface area contributed by atoms with Gasteiger partial charge < -0.3 is 10.2 Å². The van der Waals surface area contributed by atoms with E-state index in [-0.39, 0.29) is 11.8 Å². The highest BCUT2D eigenvalue weighted by atomic mass is 16.1. The van der Waals surface area contributed by atoms with Gasteiger partial charge in [0.15, 0.2) is 0 Å². The maximum Gasteiger partial charge on any atom is 0.223 e. The molecule has 0 radical (unpaired) electrons. The topological polar surface area (TPSA) is 58.1 Å². The maximum absolute atomic E-state index is 13.1. The summed E-state index contributed by atoms with van der Waals surface area (Å²) in [4.78, 5) is 24.2. The summed E-state index contributed by atoms with van der Waals surface area (Å²) in [7, 11) is 0. The number of aromatic nitrogens is 2. The molecule has 1 saturated heterocycles. The van der Waals surface area contributed by atoms with Crippen molar-refractivity contribution in [2.75, 3.05) is 18.0 Å². The summed E-state index contributed by atoms with van der Waals surface area (Å²) in [6.45, 7) is 6.22. The first kappa shape index (κ1) is 20.6. The van der Waals surface area contributed by atoms with E-state index < -0.39 is 0 Å². The van der Waals surface area contributed by atoms with E-state index in [1.165, 1.54) is 57.8 Å². The van der Waals surface area contributed by atoms with Crippen LogP contribution in [0.15, 0.2) is 18.6 Å². The first-order valence-corrected chi connectivity index (χ1v) is 11.9.